The van der Waals surface area contributed by atoms with Crippen molar-refractivity contribution in [2.24, 2.45) is 0 Å². The monoisotopic (exact) mass is 200 g/mol. The highest BCUT2D eigenvalue weighted by molar-refractivity contribution is 7.84. The Morgan fingerprint density at radius 1 is 1.15 bits per heavy atom. The first-order chi connectivity index (χ1) is 6.19. The Kier molecular flexibility index (Phi) is 3.31. The smallest absolute Gasteiger partial charge is 0.161 e. The van der Waals surface area contributed by atoms with E-state index in [1.807, 2.05) is 0 Å². The Bertz CT molecular complexity index is 323. The van der Waals surface area contributed by atoms with E-state index in [0.29, 0.717) is 11.5 Å². The molecule has 72 valence electrons. The highest BCUT2D eigenvalue weighted by atomic mass is 32.2. The molecular weight excluding hydrogens is 188 g/mol. The predicted octanol–water partition coefficient (Wildman–Crippen LogP) is 1.44. The molecule has 0 fully saturated rings. The van der Waals surface area contributed by atoms with Crippen LogP contribution in [0.25, 0.3) is 0 Å². The van der Waals surface area contributed by atoms with E-state index >= 15 is 0 Å². The normalized spacial score (nSPS) is 12.2. The molecule has 0 amide bonds. The van der Waals surface area contributed by atoms with Crippen LogP contribution in [0.1, 0.15) is 0 Å². The Morgan fingerprint density at radius 2 is 1.77 bits per heavy atom. The molecule has 1 atom stereocenters. The zero-order valence-electron chi connectivity index (χ0n) is 7.87. The minimum absolute atomic E-state index is 0.607. The van der Waals surface area contributed by atoms with Crippen molar-refractivity contribution in [3.8, 4) is 11.5 Å². The second-order valence-electron chi connectivity index (χ2n) is 2.47. The SMILES string of the molecule is COc1ccc([S@@](C)=O)cc1OC. The van der Waals surface area contributed by atoms with Crippen LogP contribution in [0.15, 0.2) is 23.1 Å². The van der Waals surface area contributed by atoms with Crippen LogP contribution >= 0.6 is 0 Å². The van der Waals surface area contributed by atoms with Gasteiger partial charge in [0.1, 0.15) is 0 Å². The quantitative estimate of drug-likeness (QED) is 0.740. The molecule has 1 rings (SSSR count). The van der Waals surface area contributed by atoms with E-state index in [2.05, 4.69) is 0 Å². The van der Waals surface area contributed by atoms with Gasteiger partial charge in [-0.05, 0) is 12.1 Å². The maximum absolute atomic E-state index is 11.1. The molecule has 0 radical (unpaired) electrons. The van der Waals surface area contributed by atoms with E-state index in [4.69, 9.17) is 9.47 Å². The summed E-state index contributed by atoms with van der Waals surface area (Å²) >= 11 is 0. The third-order valence-electron chi connectivity index (χ3n) is 1.69. The first-order valence-corrected chi connectivity index (χ1v) is 5.30. The number of ether oxygens (including phenoxy) is 2. The highest BCUT2D eigenvalue weighted by Gasteiger charge is 2.05. The van der Waals surface area contributed by atoms with E-state index in [9.17, 15) is 4.21 Å². The summed E-state index contributed by atoms with van der Waals surface area (Å²) in [4.78, 5) is 0.734. The van der Waals surface area contributed by atoms with Gasteiger partial charge in [-0.15, -0.1) is 0 Å². The maximum Gasteiger partial charge on any atom is 0.161 e. The van der Waals surface area contributed by atoms with Gasteiger partial charge in [0.2, 0.25) is 0 Å². The molecule has 4 heteroatoms. The van der Waals surface area contributed by atoms with Crippen molar-refractivity contribution >= 4 is 10.8 Å². The fourth-order valence-corrected chi connectivity index (χ4v) is 1.53. The van der Waals surface area contributed by atoms with Gasteiger partial charge in [-0.3, -0.25) is 4.21 Å². The lowest BCUT2D eigenvalue weighted by Gasteiger charge is -2.07. The van der Waals surface area contributed by atoms with Crippen LogP contribution in [0, 0.1) is 0 Å². The van der Waals surface area contributed by atoms with Gasteiger partial charge < -0.3 is 9.47 Å². The molecule has 0 aliphatic heterocycles. The number of benzene rings is 1. The van der Waals surface area contributed by atoms with Crippen molar-refractivity contribution in [2.75, 3.05) is 20.5 Å². The molecule has 0 heterocycles. The average molecular weight is 200 g/mol. The standard InChI is InChI=1S/C9H12O3S/c1-11-8-5-4-7(13(3)10)6-9(8)12-2/h4-6H,1-3H3/t13-/m1/s1. The molecular formula is C9H12O3S. The Balaban J connectivity index is 3.13. The Hall–Kier alpha value is -1.03. The van der Waals surface area contributed by atoms with Crippen molar-refractivity contribution in [3.63, 3.8) is 0 Å². The number of hydrogen-bond donors (Lipinski definition) is 0. The summed E-state index contributed by atoms with van der Waals surface area (Å²) < 4.78 is 21.2. The van der Waals surface area contributed by atoms with Gasteiger partial charge in [0.25, 0.3) is 0 Å². The van der Waals surface area contributed by atoms with E-state index < -0.39 is 10.8 Å². The average Bonchev–Trinajstić information content (AvgIpc) is 2.16. The third-order valence-corrected chi connectivity index (χ3v) is 2.60. The molecule has 0 aliphatic rings. The van der Waals surface area contributed by atoms with E-state index in [1.54, 1.807) is 38.7 Å². The van der Waals surface area contributed by atoms with Gasteiger partial charge in [-0.25, -0.2) is 0 Å². The van der Waals surface area contributed by atoms with Gasteiger partial charge in [0.15, 0.2) is 11.5 Å². The molecule has 0 spiro atoms. The molecule has 0 aliphatic carbocycles. The summed E-state index contributed by atoms with van der Waals surface area (Å²) in [5.41, 5.74) is 0. The fourth-order valence-electron chi connectivity index (χ4n) is 0.995. The van der Waals surface area contributed by atoms with Gasteiger partial charge in [-0.1, -0.05) is 0 Å². The van der Waals surface area contributed by atoms with Crippen LogP contribution in [0.3, 0.4) is 0 Å². The van der Waals surface area contributed by atoms with Gasteiger partial charge in [0.05, 0.1) is 14.2 Å². The lowest BCUT2D eigenvalue weighted by Crippen LogP contribution is -1.93. The van der Waals surface area contributed by atoms with Crippen molar-refractivity contribution in [1.29, 1.82) is 0 Å². The summed E-state index contributed by atoms with van der Waals surface area (Å²) in [6.45, 7) is 0. The molecule has 1 aromatic rings. The number of rotatable bonds is 3. The van der Waals surface area contributed by atoms with Crippen LogP contribution in [-0.2, 0) is 10.8 Å². The molecule has 0 aromatic heterocycles. The Labute approximate surface area is 80.1 Å². The highest BCUT2D eigenvalue weighted by Crippen LogP contribution is 2.28. The molecule has 0 unspecified atom stereocenters. The molecule has 0 saturated carbocycles. The maximum atomic E-state index is 11.1. The van der Waals surface area contributed by atoms with E-state index in [-0.39, 0.29) is 0 Å². The van der Waals surface area contributed by atoms with Crippen LogP contribution in [0.4, 0.5) is 0 Å². The van der Waals surface area contributed by atoms with E-state index in [1.165, 1.54) is 0 Å². The zero-order valence-corrected chi connectivity index (χ0v) is 8.68. The van der Waals surface area contributed by atoms with Crippen molar-refractivity contribution in [2.45, 2.75) is 4.90 Å². The van der Waals surface area contributed by atoms with Crippen LogP contribution < -0.4 is 9.47 Å². The fraction of sp³-hybridized carbons (Fsp3) is 0.333. The first-order valence-electron chi connectivity index (χ1n) is 3.74. The molecule has 0 saturated heterocycles. The topological polar surface area (TPSA) is 35.5 Å². The molecule has 13 heavy (non-hydrogen) atoms. The minimum Gasteiger partial charge on any atom is -0.493 e. The summed E-state index contributed by atoms with van der Waals surface area (Å²) in [7, 11) is 2.14. The largest absolute Gasteiger partial charge is 0.493 e. The summed E-state index contributed by atoms with van der Waals surface area (Å²) in [5.74, 6) is 1.26. The van der Waals surface area contributed by atoms with Crippen molar-refractivity contribution < 1.29 is 13.7 Å². The van der Waals surface area contributed by atoms with Gasteiger partial charge >= 0.3 is 0 Å². The van der Waals surface area contributed by atoms with Gasteiger partial charge in [-0.2, -0.15) is 0 Å². The van der Waals surface area contributed by atoms with Crippen molar-refractivity contribution in [1.82, 2.24) is 0 Å². The van der Waals surface area contributed by atoms with E-state index in [0.717, 1.165) is 4.90 Å². The summed E-state index contributed by atoms with van der Waals surface area (Å²) in [6.07, 6.45) is 1.63. The van der Waals surface area contributed by atoms with Crippen LogP contribution in [0.5, 0.6) is 11.5 Å². The second kappa shape index (κ2) is 4.28. The molecule has 0 N–H and O–H groups in total. The molecule has 3 nitrogen and oxygen atoms in total. The third kappa shape index (κ3) is 2.21. The minimum atomic E-state index is -0.987. The second-order valence-corrected chi connectivity index (χ2v) is 3.85. The number of methoxy groups -OCH3 is 2. The van der Waals surface area contributed by atoms with Crippen LogP contribution in [0.2, 0.25) is 0 Å². The molecule has 1 aromatic carbocycles. The summed E-state index contributed by atoms with van der Waals surface area (Å²) in [6, 6.07) is 5.22. The zero-order chi connectivity index (χ0) is 9.84. The van der Waals surface area contributed by atoms with Crippen LogP contribution in [-0.4, -0.2) is 24.7 Å². The van der Waals surface area contributed by atoms with Crippen molar-refractivity contribution in [3.05, 3.63) is 18.2 Å². The lowest BCUT2D eigenvalue weighted by molar-refractivity contribution is 0.354. The lowest BCUT2D eigenvalue weighted by atomic mass is 10.3. The van der Waals surface area contributed by atoms with Gasteiger partial charge in [0, 0.05) is 28.0 Å². The predicted molar refractivity (Wildman–Crippen MR) is 51.9 cm³/mol. The first kappa shape index (κ1) is 10.1. The summed E-state index contributed by atoms with van der Waals surface area (Å²) in [5, 5.41) is 0. The Morgan fingerprint density at radius 3 is 2.23 bits per heavy atom. The number of hydrogen-bond acceptors (Lipinski definition) is 3. The molecule has 0 bridgehead atoms.